The van der Waals surface area contributed by atoms with Crippen molar-refractivity contribution in [1.82, 2.24) is 0 Å². The molecule has 12 aliphatic rings. The molecule has 776 valence electrons. The molecular formula is C72H122O61. The number of rotatable bonds is 34. The van der Waals surface area contributed by atoms with Crippen LogP contribution in [0.4, 0.5) is 0 Å². The molecule has 12 saturated heterocycles. The van der Waals surface area contributed by atoms with Gasteiger partial charge in [-0.3, -0.25) is 0 Å². The van der Waals surface area contributed by atoms with E-state index < -0.39 is 448 Å². The number of hydrogen-bond donors (Lipinski definition) is 38. The highest BCUT2D eigenvalue weighted by molar-refractivity contribution is 5.03. The summed E-state index contributed by atoms with van der Waals surface area (Å²) in [6, 6.07) is 0. The number of hydrogen-bond acceptors (Lipinski definition) is 61. The Balaban J connectivity index is 0.676. The molecule has 60 atom stereocenters. The molecule has 0 amide bonds. The summed E-state index contributed by atoms with van der Waals surface area (Å²) in [5.41, 5.74) is 0. The van der Waals surface area contributed by atoms with Crippen molar-refractivity contribution < 1.29 is 303 Å². The first-order valence-electron chi connectivity index (χ1n) is 42.2. The number of aliphatic hydroxyl groups excluding tert-OH is 38. The van der Waals surface area contributed by atoms with E-state index in [1.54, 1.807) is 0 Å². The van der Waals surface area contributed by atoms with Crippen molar-refractivity contribution in [1.29, 1.82) is 0 Å². The Hall–Kier alpha value is -2.44. The Bertz CT molecular complexity index is 3460. The average molecular weight is 1960 g/mol. The highest BCUT2D eigenvalue weighted by atomic mass is 16.8. The van der Waals surface area contributed by atoms with Crippen molar-refractivity contribution >= 4 is 0 Å². The maximum Gasteiger partial charge on any atom is 0.187 e. The van der Waals surface area contributed by atoms with E-state index in [0.717, 1.165) is 0 Å². The highest BCUT2D eigenvalue weighted by Gasteiger charge is 2.61. The van der Waals surface area contributed by atoms with Gasteiger partial charge in [0.2, 0.25) is 0 Å². The van der Waals surface area contributed by atoms with Crippen molar-refractivity contribution in [2.45, 2.75) is 368 Å². The normalized spacial score (nSPS) is 53.8. The maximum atomic E-state index is 12.1. The largest absolute Gasteiger partial charge is 0.394 e. The van der Waals surface area contributed by atoms with E-state index in [0.29, 0.717) is 0 Å². The van der Waals surface area contributed by atoms with Gasteiger partial charge in [0.25, 0.3) is 0 Å². The van der Waals surface area contributed by atoms with Gasteiger partial charge in [0.15, 0.2) is 75.5 Å². The predicted molar refractivity (Wildman–Crippen MR) is 395 cm³/mol. The van der Waals surface area contributed by atoms with Crippen molar-refractivity contribution in [3.05, 3.63) is 0 Å². The van der Waals surface area contributed by atoms with E-state index in [-0.39, 0.29) is 0 Å². The van der Waals surface area contributed by atoms with E-state index in [2.05, 4.69) is 0 Å². The molecule has 12 fully saturated rings. The van der Waals surface area contributed by atoms with Crippen LogP contribution in [0.1, 0.15) is 0 Å². The Morgan fingerprint density at radius 3 is 0.466 bits per heavy atom. The molecule has 0 unspecified atom stereocenters. The van der Waals surface area contributed by atoms with Crippen molar-refractivity contribution in [2.24, 2.45) is 0 Å². The minimum atomic E-state index is -2.41. The molecule has 0 aromatic carbocycles. The summed E-state index contributed by atoms with van der Waals surface area (Å²) >= 11 is 0. The molecule has 12 aliphatic heterocycles. The van der Waals surface area contributed by atoms with Gasteiger partial charge < -0.3 is 303 Å². The summed E-state index contributed by atoms with van der Waals surface area (Å²) in [5, 5.41) is 413. The summed E-state index contributed by atoms with van der Waals surface area (Å²) in [4.78, 5) is 0. The lowest BCUT2D eigenvalue weighted by molar-refractivity contribution is -0.381. The van der Waals surface area contributed by atoms with Gasteiger partial charge in [-0.05, 0) is 0 Å². The highest BCUT2D eigenvalue weighted by Crippen LogP contribution is 2.40. The zero-order valence-electron chi connectivity index (χ0n) is 69.5. The third-order valence-electron chi connectivity index (χ3n) is 25.0. The van der Waals surface area contributed by atoms with Gasteiger partial charge in [0, 0.05) is 0 Å². The summed E-state index contributed by atoms with van der Waals surface area (Å²) in [5.74, 6) is 0. The molecule has 0 radical (unpaired) electrons. The van der Waals surface area contributed by atoms with Crippen LogP contribution in [0.25, 0.3) is 0 Å². The van der Waals surface area contributed by atoms with Gasteiger partial charge in [0.05, 0.1) is 79.3 Å². The van der Waals surface area contributed by atoms with E-state index in [4.69, 9.17) is 109 Å². The second-order valence-corrected chi connectivity index (χ2v) is 33.9. The lowest BCUT2D eigenvalue weighted by Crippen LogP contribution is -2.66. The molecule has 61 nitrogen and oxygen atoms in total. The fourth-order valence-corrected chi connectivity index (χ4v) is 16.7. The van der Waals surface area contributed by atoms with Crippen LogP contribution in [0.3, 0.4) is 0 Å². The molecule has 0 bridgehead atoms. The number of ether oxygens (including phenoxy) is 23. The van der Waals surface area contributed by atoms with Gasteiger partial charge in [-0.1, -0.05) is 0 Å². The van der Waals surface area contributed by atoms with Crippen LogP contribution in [0.5, 0.6) is 0 Å². The van der Waals surface area contributed by atoms with Crippen molar-refractivity contribution in [3.8, 4) is 0 Å². The Morgan fingerprint density at radius 2 is 0.263 bits per heavy atom. The molecule has 133 heavy (non-hydrogen) atoms. The third kappa shape index (κ3) is 23.7. The molecule has 0 saturated carbocycles. The van der Waals surface area contributed by atoms with Crippen molar-refractivity contribution in [2.75, 3.05) is 79.3 Å². The molecule has 0 aromatic heterocycles. The second kappa shape index (κ2) is 47.4. The standard InChI is InChI=1S/C72H122O61/c73-1-13-25(78)38(91)46(99)62(119-13)111-8-20-29(82)41(94)49(102)69(126-20)130-57-33(86)15(3-75)121-65(53(57)106)115-7-19-28(81)40(93)48(101)64(124-19)113-12-24-36(89)60(56(109)68(125-24)114-6-18-27(80)37(90)45(98)61(110)118-18)133-72-52(105)44(97)32(85)23(129-72)11-117-67-55(108)59(35(88)17(5-77)123-67)132-71-51(104)43(96)31(84)22(128-71)10-116-66-54(107)58(34(87)16(4-76)122-66)131-70-50(103)42(95)30(83)21(127-70)9-112-63-47(100)39(92)26(79)14(2-74)120-63/h13-110H,1-12H2/t13-,14-,15-,16-,17-,18-,19-,20-,21-,22-,23-,24-,25-,26-,27-,28-,29-,30-,31-,32-,33-,34-,35-,36-,37+,38+,39+,40+,41+,42+,43+,44+,45-,46-,47-,48-,49-,50-,51-,52-,53-,54-,55-,56-,57+,58+,59+,60+,61+,62+,63+,64+,65+,66+,67+,68+,69-,70-,71-,72-/m1/s1. The lowest BCUT2D eigenvalue weighted by atomic mass is 9.96. The molecule has 0 spiro atoms. The minimum Gasteiger partial charge on any atom is -0.394 e. The van der Waals surface area contributed by atoms with Crippen LogP contribution >= 0.6 is 0 Å². The van der Waals surface area contributed by atoms with Crippen LogP contribution in [0, 0.1) is 0 Å². The first kappa shape index (κ1) is 109. The summed E-state index contributed by atoms with van der Waals surface area (Å²) < 4.78 is 129. The Morgan fingerprint density at radius 1 is 0.128 bits per heavy atom. The molecular weight excluding hydrogens is 1840 g/mol. The molecule has 0 aromatic rings. The van der Waals surface area contributed by atoms with E-state index in [1.165, 1.54) is 0 Å². The van der Waals surface area contributed by atoms with Crippen LogP contribution in [0.2, 0.25) is 0 Å². The average Bonchev–Trinajstić information content (AvgIpc) is 0.779. The van der Waals surface area contributed by atoms with E-state index in [1.807, 2.05) is 0 Å². The summed E-state index contributed by atoms with van der Waals surface area (Å²) in [6.07, 6.45) is -124. The molecule has 0 aliphatic carbocycles. The molecule has 61 heteroatoms. The fraction of sp³-hybridized carbons (Fsp3) is 1.00. The van der Waals surface area contributed by atoms with Gasteiger partial charge in [0.1, 0.15) is 293 Å². The lowest BCUT2D eigenvalue weighted by Gasteiger charge is -2.48. The molecule has 12 heterocycles. The molecule has 38 N–H and O–H groups in total. The number of aliphatic hydroxyl groups is 38. The van der Waals surface area contributed by atoms with Crippen molar-refractivity contribution in [3.63, 3.8) is 0 Å². The topological polar surface area (TPSA) is 981 Å². The van der Waals surface area contributed by atoms with Gasteiger partial charge in [-0.25, -0.2) is 0 Å². The molecule has 12 rings (SSSR count). The minimum absolute atomic E-state index is 0.846. The van der Waals surface area contributed by atoms with Crippen LogP contribution < -0.4 is 0 Å². The van der Waals surface area contributed by atoms with Crippen LogP contribution in [-0.2, 0) is 109 Å². The summed E-state index contributed by atoms with van der Waals surface area (Å²) in [7, 11) is 0. The SMILES string of the molecule is OC[C@H]1O[C@H](OC[C@H]2O[C@H](O[C@@H]3[C@@H](O)[C@@H](OC[C@H]4O[C@H](OC[C@H]5O[C@H](OC[C@H]6O[C@H](O)[C@H](O)[C@@H](O)[C@@H]6O)[C@H](O)[C@@H](O[C@H]6O[C@H](CO[C@H]7O[C@H](CO)[C@@H](O)[C@H](O[C@H]8O[C@H](CO[C@H]9O[C@H](CO)[C@@H](O)[C@H](O[C@H]%10O[C@H](CO[C@H]%11O[C@H](CO)[C@@H](O)[C@H](O)[C@H]%11O)[C@@H](O)[C@H](O)[C@H]%10O)[C@H]9O)[C@@H](O)[C@H](O)[C@H]8O)[C@H]7O)[C@@H](O)[C@H](O)[C@H]6O)[C@@H]5O)[C@H](O)[C@@H](O)[C@@H]4O)O[C@H](CO)[C@H]3O)[C@H](O)[C@@H](O)[C@@H]2O)[C@H](O)[C@@H](O)[C@@H]1O. The Labute approximate surface area is 748 Å². The predicted octanol–water partition coefficient (Wildman–Crippen LogP) is -27.2. The van der Waals surface area contributed by atoms with Crippen LogP contribution in [-0.4, -0.2) is 642 Å². The van der Waals surface area contributed by atoms with Gasteiger partial charge >= 0.3 is 0 Å². The van der Waals surface area contributed by atoms with Gasteiger partial charge in [-0.15, -0.1) is 0 Å². The first-order chi connectivity index (χ1) is 62.9. The summed E-state index contributed by atoms with van der Waals surface area (Å²) in [6.45, 7) is -11.9. The van der Waals surface area contributed by atoms with Crippen LogP contribution in [0.15, 0.2) is 0 Å². The quantitative estimate of drug-likeness (QED) is 0.0284. The maximum absolute atomic E-state index is 12.1. The third-order valence-corrected chi connectivity index (χ3v) is 25.0. The van der Waals surface area contributed by atoms with Gasteiger partial charge in [-0.2, -0.15) is 0 Å². The Kier molecular flexibility index (Phi) is 39.0. The fourth-order valence-electron chi connectivity index (χ4n) is 16.7. The smallest absolute Gasteiger partial charge is 0.187 e. The monoisotopic (exact) mass is 1960 g/mol. The van der Waals surface area contributed by atoms with E-state index in [9.17, 15) is 194 Å². The van der Waals surface area contributed by atoms with E-state index >= 15 is 0 Å². The zero-order valence-corrected chi connectivity index (χ0v) is 69.5. The zero-order chi connectivity index (χ0) is 97.4. The second-order valence-electron chi connectivity index (χ2n) is 33.9. The first-order valence-corrected chi connectivity index (χ1v) is 42.2.